The van der Waals surface area contributed by atoms with Gasteiger partial charge >= 0.3 is 0 Å². The summed E-state index contributed by atoms with van der Waals surface area (Å²) in [7, 11) is 0. The maximum absolute atomic E-state index is 10.5. The van der Waals surface area contributed by atoms with Crippen molar-refractivity contribution < 1.29 is 10.0 Å². The van der Waals surface area contributed by atoms with Crippen molar-refractivity contribution in [2.75, 3.05) is 0 Å². The van der Waals surface area contributed by atoms with Crippen molar-refractivity contribution in [2.45, 2.75) is 13.8 Å². The summed E-state index contributed by atoms with van der Waals surface area (Å²) in [6, 6.07) is 5.80. The third-order valence-corrected chi connectivity index (χ3v) is 2.41. The van der Waals surface area contributed by atoms with E-state index in [1.807, 2.05) is 19.9 Å². The van der Waals surface area contributed by atoms with Crippen molar-refractivity contribution >= 4 is 5.69 Å². The van der Waals surface area contributed by atoms with Crippen LogP contribution in [0.4, 0.5) is 5.69 Å². The molecule has 1 heterocycles. The van der Waals surface area contributed by atoms with Gasteiger partial charge in [0.1, 0.15) is 11.4 Å². The molecule has 0 saturated heterocycles. The molecule has 6 heteroatoms. The third kappa shape index (κ3) is 1.96. The van der Waals surface area contributed by atoms with Crippen LogP contribution in [-0.4, -0.2) is 19.8 Å². The Morgan fingerprint density at radius 1 is 1.35 bits per heavy atom. The SMILES string of the molecule is Cc1cc(C)n(-c2ccc([N+](=O)[O-])cc2O)n1. The molecule has 0 aliphatic heterocycles. The van der Waals surface area contributed by atoms with Gasteiger partial charge in [-0.05, 0) is 26.0 Å². The number of aryl methyl sites for hydroxylation is 2. The maximum atomic E-state index is 10.5. The van der Waals surface area contributed by atoms with Gasteiger partial charge in [0.2, 0.25) is 0 Å². The molecule has 0 aliphatic carbocycles. The fraction of sp³-hybridized carbons (Fsp3) is 0.182. The summed E-state index contributed by atoms with van der Waals surface area (Å²) in [5, 5.41) is 24.5. The number of phenols is 1. The average Bonchev–Trinajstić information content (AvgIpc) is 2.57. The first-order valence-corrected chi connectivity index (χ1v) is 5.00. The number of benzene rings is 1. The highest BCUT2D eigenvalue weighted by molar-refractivity contribution is 5.52. The molecule has 1 aromatic heterocycles. The van der Waals surface area contributed by atoms with Crippen molar-refractivity contribution in [3.8, 4) is 11.4 Å². The third-order valence-electron chi connectivity index (χ3n) is 2.41. The van der Waals surface area contributed by atoms with Gasteiger partial charge in [-0.15, -0.1) is 0 Å². The molecule has 0 unspecified atom stereocenters. The Morgan fingerprint density at radius 2 is 2.06 bits per heavy atom. The first-order chi connectivity index (χ1) is 7.99. The lowest BCUT2D eigenvalue weighted by molar-refractivity contribution is -0.384. The van der Waals surface area contributed by atoms with E-state index in [1.165, 1.54) is 12.1 Å². The standard InChI is InChI=1S/C11H11N3O3/c1-7-5-8(2)13(12-7)10-4-3-9(14(16)17)6-11(10)15/h3-6,15H,1-2H3. The Labute approximate surface area is 97.3 Å². The van der Waals surface area contributed by atoms with Crippen LogP contribution in [0.25, 0.3) is 5.69 Å². The molecule has 2 aromatic rings. The van der Waals surface area contributed by atoms with E-state index in [4.69, 9.17) is 0 Å². The zero-order valence-corrected chi connectivity index (χ0v) is 9.41. The van der Waals surface area contributed by atoms with Gasteiger partial charge in [-0.1, -0.05) is 0 Å². The Balaban J connectivity index is 2.54. The Morgan fingerprint density at radius 3 is 2.53 bits per heavy atom. The van der Waals surface area contributed by atoms with Crippen LogP contribution in [0.15, 0.2) is 24.3 Å². The van der Waals surface area contributed by atoms with Gasteiger partial charge in [0.15, 0.2) is 0 Å². The molecule has 88 valence electrons. The maximum Gasteiger partial charge on any atom is 0.273 e. The zero-order valence-electron chi connectivity index (χ0n) is 9.41. The van der Waals surface area contributed by atoms with Gasteiger partial charge in [-0.2, -0.15) is 5.10 Å². The highest BCUT2D eigenvalue weighted by Gasteiger charge is 2.13. The van der Waals surface area contributed by atoms with E-state index in [1.54, 1.807) is 4.68 Å². The Bertz CT molecular complexity index is 590. The van der Waals surface area contributed by atoms with Crippen LogP contribution in [0.5, 0.6) is 5.75 Å². The molecule has 2 rings (SSSR count). The van der Waals surface area contributed by atoms with Crippen molar-refractivity contribution in [3.05, 3.63) is 45.8 Å². The van der Waals surface area contributed by atoms with Gasteiger partial charge in [0.05, 0.1) is 16.7 Å². The van der Waals surface area contributed by atoms with E-state index in [2.05, 4.69) is 5.10 Å². The lowest BCUT2D eigenvalue weighted by Crippen LogP contribution is -2.00. The summed E-state index contributed by atoms with van der Waals surface area (Å²) in [5.74, 6) is -0.162. The molecule has 0 spiro atoms. The molecule has 0 amide bonds. The molecule has 0 saturated carbocycles. The minimum absolute atomic E-state index is 0.146. The molecule has 0 fully saturated rings. The highest BCUT2D eigenvalue weighted by atomic mass is 16.6. The van der Waals surface area contributed by atoms with E-state index >= 15 is 0 Å². The van der Waals surface area contributed by atoms with Crippen LogP contribution in [0.1, 0.15) is 11.4 Å². The number of rotatable bonds is 2. The van der Waals surface area contributed by atoms with E-state index in [9.17, 15) is 15.2 Å². The van der Waals surface area contributed by atoms with Crippen LogP contribution in [0.3, 0.4) is 0 Å². The van der Waals surface area contributed by atoms with Gasteiger partial charge in [-0.25, -0.2) is 4.68 Å². The first-order valence-electron chi connectivity index (χ1n) is 5.00. The predicted molar refractivity (Wildman–Crippen MR) is 61.4 cm³/mol. The molecular weight excluding hydrogens is 222 g/mol. The van der Waals surface area contributed by atoms with Crippen molar-refractivity contribution in [3.63, 3.8) is 0 Å². The van der Waals surface area contributed by atoms with Gasteiger partial charge in [0.25, 0.3) is 5.69 Å². The smallest absolute Gasteiger partial charge is 0.273 e. The molecule has 0 radical (unpaired) electrons. The van der Waals surface area contributed by atoms with E-state index < -0.39 is 4.92 Å². The van der Waals surface area contributed by atoms with Gasteiger partial charge in [0, 0.05) is 11.8 Å². The summed E-state index contributed by atoms with van der Waals surface area (Å²) in [6.07, 6.45) is 0. The molecular formula is C11H11N3O3. The predicted octanol–water partition coefficient (Wildman–Crippen LogP) is 2.10. The summed E-state index contributed by atoms with van der Waals surface area (Å²) in [6.45, 7) is 3.69. The molecule has 1 aromatic carbocycles. The van der Waals surface area contributed by atoms with Crippen molar-refractivity contribution in [2.24, 2.45) is 0 Å². The molecule has 17 heavy (non-hydrogen) atoms. The number of nitrogens with zero attached hydrogens (tertiary/aromatic N) is 3. The second kappa shape index (κ2) is 3.89. The fourth-order valence-corrected chi connectivity index (χ4v) is 1.68. The number of nitro groups is 1. The van der Waals surface area contributed by atoms with Crippen molar-refractivity contribution in [1.29, 1.82) is 0 Å². The van der Waals surface area contributed by atoms with E-state index in [0.29, 0.717) is 5.69 Å². The average molecular weight is 233 g/mol. The van der Waals surface area contributed by atoms with Crippen LogP contribution in [0.2, 0.25) is 0 Å². The van der Waals surface area contributed by atoms with Crippen molar-refractivity contribution in [1.82, 2.24) is 9.78 Å². The molecule has 0 bridgehead atoms. The quantitative estimate of drug-likeness (QED) is 0.636. The van der Waals surface area contributed by atoms with E-state index in [0.717, 1.165) is 17.5 Å². The lowest BCUT2D eigenvalue weighted by Gasteiger charge is -2.06. The highest BCUT2D eigenvalue weighted by Crippen LogP contribution is 2.27. The Kier molecular flexibility index (Phi) is 2.55. The largest absolute Gasteiger partial charge is 0.505 e. The zero-order chi connectivity index (χ0) is 12.6. The summed E-state index contributed by atoms with van der Waals surface area (Å²) in [5.41, 5.74) is 1.96. The first kappa shape index (κ1) is 11.1. The molecule has 6 nitrogen and oxygen atoms in total. The van der Waals surface area contributed by atoms with Crippen LogP contribution in [-0.2, 0) is 0 Å². The summed E-state index contributed by atoms with van der Waals surface area (Å²) in [4.78, 5) is 9.99. The number of phenolic OH excluding ortho intramolecular Hbond substituents is 1. The number of hydrogen-bond acceptors (Lipinski definition) is 4. The van der Waals surface area contributed by atoms with Gasteiger partial charge < -0.3 is 5.11 Å². The Hall–Kier alpha value is -2.37. The number of aromatic hydroxyl groups is 1. The fourth-order valence-electron chi connectivity index (χ4n) is 1.68. The van der Waals surface area contributed by atoms with Crippen LogP contribution >= 0.6 is 0 Å². The minimum atomic E-state index is -0.551. The van der Waals surface area contributed by atoms with E-state index in [-0.39, 0.29) is 11.4 Å². The molecule has 0 aliphatic rings. The number of aromatic nitrogens is 2. The normalized spacial score (nSPS) is 10.5. The second-order valence-corrected chi connectivity index (χ2v) is 3.77. The van der Waals surface area contributed by atoms with Crippen LogP contribution in [0, 0.1) is 24.0 Å². The van der Waals surface area contributed by atoms with Gasteiger partial charge in [-0.3, -0.25) is 10.1 Å². The molecule has 1 N–H and O–H groups in total. The summed E-state index contributed by atoms with van der Waals surface area (Å²) >= 11 is 0. The second-order valence-electron chi connectivity index (χ2n) is 3.77. The topological polar surface area (TPSA) is 81.2 Å². The van der Waals surface area contributed by atoms with Crippen LogP contribution < -0.4 is 0 Å². The number of hydrogen-bond donors (Lipinski definition) is 1. The monoisotopic (exact) mass is 233 g/mol. The molecule has 0 atom stereocenters. The lowest BCUT2D eigenvalue weighted by atomic mass is 10.2. The summed E-state index contributed by atoms with van der Waals surface area (Å²) < 4.78 is 1.55. The number of nitro benzene ring substituents is 1. The number of non-ortho nitro benzene ring substituents is 1. The minimum Gasteiger partial charge on any atom is -0.505 e.